The summed E-state index contributed by atoms with van der Waals surface area (Å²) < 4.78 is 0. The fourth-order valence-corrected chi connectivity index (χ4v) is 2.70. The summed E-state index contributed by atoms with van der Waals surface area (Å²) in [6.45, 7) is 2.28. The highest BCUT2D eigenvalue weighted by molar-refractivity contribution is 9.09. The van der Waals surface area contributed by atoms with E-state index in [0.29, 0.717) is 6.04 Å². The molecular formula is C16H35Br2N. The Hall–Kier alpha value is 0.920. The van der Waals surface area contributed by atoms with Crippen LogP contribution in [0.2, 0.25) is 0 Å². The van der Waals surface area contributed by atoms with Crippen molar-refractivity contribution in [1.29, 1.82) is 0 Å². The van der Waals surface area contributed by atoms with Crippen LogP contribution in [0.4, 0.5) is 0 Å². The largest absolute Gasteiger partial charge is 0.328 e. The first-order valence-corrected chi connectivity index (χ1v) is 9.25. The molecule has 2 N–H and O–H groups in total. The van der Waals surface area contributed by atoms with E-state index in [0.717, 1.165) is 5.33 Å². The van der Waals surface area contributed by atoms with Crippen molar-refractivity contribution in [3.05, 3.63) is 0 Å². The van der Waals surface area contributed by atoms with Crippen molar-refractivity contribution >= 4 is 32.9 Å². The highest BCUT2D eigenvalue weighted by Crippen LogP contribution is 2.12. The van der Waals surface area contributed by atoms with Crippen molar-refractivity contribution in [2.75, 3.05) is 5.33 Å². The number of unbranched alkanes of at least 4 members (excludes halogenated alkanes) is 9. The van der Waals surface area contributed by atoms with Gasteiger partial charge in [0.2, 0.25) is 0 Å². The third-order valence-corrected chi connectivity index (χ3v) is 4.20. The van der Waals surface area contributed by atoms with Gasteiger partial charge in [-0.2, -0.15) is 0 Å². The van der Waals surface area contributed by atoms with E-state index in [4.69, 9.17) is 5.73 Å². The molecule has 0 saturated heterocycles. The van der Waals surface area contributed by atoms with Crippen LogP contribution in [0.15, 0.2) is 0 Å². The highest BCUT2D eigenvalue weighted by atomic mass is 79.9. The van der Waals surface area contributed by atoms with E-state index >= 15 is 0 Å². The predicted molar refractivity (Wildman–Crippen MR) is 97.8 cm³/mol. The van der Waals surface area contributed by atoms with Crippen LogP contribution in [0.25, 0.3) is 0 Å². The number of alkyl halides is 1. The van der Waals surface area contributed by atoms with Gasteiger partial charge in [-0.3, -0.25) is 0 Å². The molecule has 19 heavy (non-hydrogen) atoms. The normalized spacial score (nSPS) is 12.2. The molecular weight excluding hydrogens is 366 g/mol. The van der Waals surface area contributed by atoms with Crippen molar-refractivity contribution < 1.29 is 0 Å². The maximum atomic E-state index is 6.05. The van der Waals surface area contributed by atoms with Crippen molar-refractivity contribution in [2.24, 2.45) is 5.73 Å². The molecule has 0 aromatic rings. The monoisotopic (exact) mass is 399 g/mol. The van der Waals surface area contributed by atoms with Crippen LogP contribution in [0, 0.1) is 0 Å². The zero-order valence-electron chi connectivity index (χ0n) is 12.8. The summed E-state index contributed by atoms with van der Waals surface area (Å²) >= 11 is 3.45. The zero-order chi connectivity index (χ0) is 13.5. The lowest BCUT2D eigenvalue weighted by Crippen LogP contribution is -2.19. The molecule has 0 aromatic heterocycles. The minimum absolute atomic E-state index is 0. The Morgan fingerprint density at radius 3 is 1.63 bits per heavy atom. The van der Waals surface area contributed by atoms with E-state index in [-0.39, 0.29) is 17.0 Å². The van der Waals surface area contributed by atoms with Gasteiger partial charge in [-0.05, 0) is 19.3 Å². The first-order chi connectivity index (χ1) is 8.81. The minimum atomic E-state index is 0. The Balaban J connectivity index is 0. The van der Waals surface area contributed by atoms with Crippen molar-refractivity contribution in [3.8, 4) is 0 Å². The molecule has 0 aliphatic carbocycles. The van der Waals surface area contributed by atoms with Crippen LogP contribution in [0.1, 0.15) is 90.4 Å². The average molecular weight is 401 g/mol. The number of hydrogen-bond acceptors (Lipinski definition) is 1. The molecule has 3 heteroatoms. The smallest absolute Gasteiger partial charge is 0.00391 e. The second-order valence-corrected chi connectivity index (χ2v) is 6.35. The third kappa shape index (κ3) is 18.9. The SMILES string of the molecule is Br.CCCCCCCCCCCCC(N)CCCBr. The Bertz CT molecular complexity index is 154. The van der Waals surface area contributed by atoms with Crippen LogP contribution in [-0.4, -0.2) is 11.4 Å². The van der Waals surface area contributed by atoms with Crippen LogP contribution in [0.3, 0.4) is 0 Å². The maximum Gasteiger partial charge on any atom is 0.00391 e. The van der Waals surface area contributed by atoms with Crippen molar-refractivity contribution in [3.63, 3.8) is 0 Å². The van der Waals surface area contributed by atoms with Gasteiger partial charge in [0.15, 0.2) is 0 Å². The zero-order valence-corrected chi connectivity index (χ0v) is 16.1. The molecule has 0 amide bonds. The van der Waals surface area contributed by atoms with Gasteiger partial charge in [-0.15, -0.1) is 17.0 Å². The number of rotatable bonds is 14. The van der Waals surface area contributed by atoms with E-state index in [1.54, 1.807) is 0 Å². The highest BCUT2D eigenvalue weighted by Gasteiger charge is 2.01. The van der Waals surface area contributed by atoms with E-state index < -0.39 is 0 Å². The van der Waals surface area contributed by atoms with Gasteiger partial charge in [0.25, 0.3) is 0 Å². The van der Waals surface area contributed by atoms with Gasteiger partial charge in [-0.1, -0.05) is 87.1 Å². The Morgan fingerprint density at radius 1 is 0.737 bits per heavy atom. The molecule has 0 bridgehead atoms. The first kappa shape index (κ1) is 22.2. The standard InChI is InChI=1S/C16H34BrN.BrH/c1-2-3-4-5-6-7-8-9-10-11-13-16(18)14-12-15-17;/h16H,2-15,18H2,1H3;1H. The second kappa shape index (κ2) is 18.9. The molecule has 0 aliphatic heterocycles. The number of halogens is 2. The molecule has 0 fully saturated rings. The molecule has 0 spiro atoms. The fourth-order valence-electron chi connectivity index (χ4n) is 2.38. The third-order valence-electron chi connectivity index (χ3n) is 3.64. The summed E-state index contributed by atoms with van der Waals surface area (Å²) in [6.07, 6.45) is 17.8. The molecule has 0 rings (SSSR count). The quantitative estimate of drug-likeness (QED) is 0.265. The summed E-state index contributed by atoms with van der Waals surface area (Å²) in [7, 11) is 0. The van der Waals surface area contributed by atoms with Crippen LogP contribution in [0.5, 0.6) is 0 Å². The molecule has 1 unspecified atom stereocenters. The van der Waals surface area contributed by atoms with E-state index in [1.165, 1.54) is 83.5 Å². The molecule has 0 aromatic carbocycles. The van der Waals surface area contributed by atoms with E-state index in [2.05, 4.69) is 22.9 Å². The van der Waals surface area contributed by atoms with Gasteiger partial charge in [0.1, 0.15) is 0 Å². The first-order valence-electron chi connectivity index (χ1n) is 8.12. The molecule has 118 valence electrons. The lowest BCUT2D eigenvalue weighted by molar-refractivity contribution is 0.503. The summed E-state index contributed by atoms with van der Waals surface area (Å²) in [5.74, 6) is 0. The summed E-state index contributed by atoms with van der Waals surface area (Å²) in [6, 6.07) is 0.441. The molecule has 0 radical (unpaired) electrons. The lowest BCUT2D eigenvalue weighted by Gasteiger charge is -2.10. The fraction of sp³-hybridized carbons (Fsp3) is 1.00. The molecule has 1 atom stereocenters. The Labute approximate surface area is 140 Å². The predicted octanol–water partition coefficient (Wildman–Crippen LogP) is 6.38. The Kier molecular flexibility index (Phi) is 22.1. The number of hydrogen-bond donors (Lipinski definition) is 1. The van der Waals surface area contributed by atoms with E-state index in [9.17, 15) is 0 Å². The van der Waals surface area contributed by atoms with Crippen LogP contribution >= 0.6 is 32.9 Å². The van der Waals surface area contributed by atoms with Gasteiger partial charge in [0, 0.05) is 11.4 Å². The maximum absolute atomic E-state index is 6.05. The van der Waals surface area contributed by atoms with Crippen LogP contribution in [-0.2, 0) is 0 Å². The minimum Gasteiger partial charge on any atom is -0.328 e. The van der Waals surface area contributed by atoms with Gasteiger partial charge < -0.3 is 5.73 Å². The topological polar surface area (TPSA) is 26.0 Å². The summed E-state index contributed by atoms with van der Waals surface area (Å²) in [4.78, 5) is 0. The Morgan fingerprint density at radius 2 is 1.16 bits per heavy atom. The van der Waals surface area contributed by atoms with Crippen molar-refractivity contribution in [2.45, 2.75) is 96.4 Å². The van der Waals surface area contributed by atoms with Gasteiger partial charge >= 0.3 is 0 Å². The number of nitrogens with two attached hydrogens (primary N) is 1. The molecule has 0 aliphatic rings. The second-order valence-electron chi connectivity index (χ2n) is 5.56. The van der Waals surface area contributed by atoms with Gasteiger partial charge in [0.05, 0.1) is 0 Å². The summed E-state index contributed by atoms with van der Waals surface area (Å²) in [5, 5.41) is 1.10. The summed E-state index contributed by atoms with van der Waals surface area (Å²) in [5.41, 5.74) is 6.05. The molecule has 0 saturated carbocycles. The van der Waals surface area contributed by atoms with Crippen LogP contribution < -0.4 is 5.73 Å². The average Bonchev–Trinajstić information content (AvgIpc) is 2.38. The van der Waals surface area contributed by atoms with E-state index in [1.807, 2.05) is 0 Å². The van der Waals surface area contributed by atoms with Crippen molar-refractivity contribution in [1.82, 2.24) is 0 Å². The molecule has 1 nitrogen and oxygen atoms in total. The van der Waals surface area contributed by atoms with Gasteiger partial charge in [-0.25, -0.2) is 0 Å². The lowest BCUT2D eigenvalue weighted by atomic mass is 10.0. The molecule has 0 heterocycles.